The Labute approximate surface area is 148 Å². The van der Waals surface area contributed by atoms with E-state index < -0.39 is 11.7 Å². The van der Waals surface area contributed by atoms with Crippen molar-refractivity contribution in [3.05, 3.63) is 47.2 Å². The average Bonchev–Trinajstić information content (AvgIpc) is 3.38. The Morgan fingerprint density at radius 2 is 1.50 bits per heavy atom. The predicted molar refractivity (Wildman–Crippen MR) is 85.6 cm³/mol. The minimum atomic E-state index is -4.40. The normalized spacial score (nSPS) is 19.0. The number of alkyl halides is 3. The Kier molecular flexibility index (Phi) is 4.20. The Balaban J connectivity index is 1.37. The Bertz CT molecular complexity index is 789. The molecule has 1 aliphatic heterocycles. The summed E-state index contributed by atoms with van der Waals surface area (Å²) in [7, 11) is 0. The maximum absolute atomic E-state index is 12.6. The van der Waals surface area contributed by atoms with E-state index in [0.717, 1.165) is 25.0 Å². The van der Waals surface area contributed by atoms with Gasteiger partial charge in [0.25, 0.3) is 5.91 Å². The van der Waals surface area contributed by atoms with Gasteiger partial charge in [-0.25, -0.2) is 0 Å². The fraction of sp³-hybridized carbons (Fsp3) is 0.500. The third-order valence-electron chi connectivity index (χ3n) is 4.97. The lowest BCUT2D eigenvalue weighted by atomic mass is 9.96. The van der Waals surface area contributed by atoms with Gasteiger partial charge < -0.3 is 9.32 Å². The van der Waals surface area contributed by atoms with Gasteiger partial charge in [0, 0.05) is 30.5 Å². The van der Waals surface area contributed by atoms with Crippen molar-refractivity contribution >= 4 is 5.91 Å². The number of nitrogens with zero attached hydrogens (tertiary/aromatic N) is 3. The summed E-state index contributed by atoms with van der Waals surface area (Å²) in [6.07, 6.45) is -0.788. The van der Waals surface area contributed by atoms with Gasteiger partial charge >= 0.3 is 6.18 Å². The molecule has 5 nitrogen and oxygen atoms in total. The molecule has 4 rings (SSSR count). The lowest BCUT2D eigenvalue weighted by molar-refractivity contribution is -0.137. The molecule has 0 bridgehead atoms. The van der Waals surface area contributed by atoms with Gasteiger partial charge in [0.05, 0.1) is 5.56 Å². The largest absolute Gasteiger partial charge is 0.425 e. The molecule has 0 radical (unpaired) electrons. The molecule has 2 fully saturated rings. The van der Waals surface area contributed by atoms with Gasteiger partial charge in [-0.3, -0.25) is 4.79 Å². The molecular formula is C18H18F3N3O2. The number of hydrogen-bond donors (Lipinski definition) is 0. The molecule has 138 valence electrons. The standard InChI is InChI=1S/C18H18F3N3O2/c19-18(20,21)14-5-3-13(4-6-14)17(25)24-9-7-12(8-10-24)16-23-22-15(26-16)11-1-2-11/h3-6,11-12H,1-2,7-10H2. The molecular weight excluding hydrogens is 347 g/mol. The third-order valence-corrected chi connectivity index (χ3v) is 4.97. The summed E-state index contributed by atoms with van der Waals surface area (Å²) in [5.41, 5.74) is -0.485. The highest BCUT2D eigenvalue weighted by Crippen LogP contribution is 2.40. The number of aromatic nitrogens is 2. The average molecular weight is 365 g/mol. The highest BCUT2D eigenvalue weighted by molar-refractivity contribution is 5.94. The number of carbonyl (C=O) groups excluding carboxylic acids is 1. The van der Waals surface area contributed by atoms with Crippen molar-refractivity contribution in [2.45, 2.75) is 43.7 Å². The summed E-state index contributed by atoms with van der Waals surface area (Å²) >= 11 is 0. The lowest BCUT2D eigenvalue weighted by Gasteiger charge is -2.30. The van der Waals surface area contributed by atoms with E-state index in [1.165, 1.54) is 12.1 Å². The zero-order valence-electron chi connectivity index (χ0n) is 14.0. The Morgan fingerprint density at radius 3 is 2.00 bits per heavy atom. The van der Waals surface area contributed by atoms with Crippen molar-refractivity contribution in [2.75, 3.05) is 13.1 Å². The minimum Gasteiger partial charge on any atom is -0.425 e. The number of benzene rings is 1. The monoisotopic (exact) mass is 365 g/mol. The fourth-order valence-corrected chi connectivity index (χ4v) is 3.22. The quantitative estimate of drug-likeness (QED) is 0.825. The van der Waals surface area contributed by atoms with Gasteiger partial charge in [0.1, 0.15) is 0 Å². The summed E-state index contributed by atoms with van der Waals surface area (Å²) in [5.74, 6) is 1.64. The van der Waals surface area contributed by atoms with Crippen molar-refractivity contribution in [2.24, 2.45) is 0 Å². The first-order chi connectivity index (χ1) is 12.4. The van der Waals surface area contributed by atoms with Gasteiger partial charge in [-0.1, -0.05) is 0 Å². The second kappa shape index (κ2) is 6.41. The third kappa shape index (κ3) is 3.45. The first kappa shape index (κ1) is 17.1. The molecule has 1 aromatic heterocycles. The van der Waals surface area contributed by atoms with E-state index in [-0.39, 0.29) is 17.4 Å². The molecule has 2 aromatic rings. The molecule has 1 amide bonds. The van der Waals surface area contributed by atoms with Crippen molar-refractivity contribution in [3.63, 3.8) is 0 Å². The van der Waals surface area contributed by atoms with Gasteiger partial charge in [-0.05, 0) is 49.9 Å². The molecule has 8 heteroatoms. The van der Waals surface area contributed by atoms with Crippen LogP contribution in [0.5, 0.6) is 0 Å². The van der Waals surface area contributed by atoms with Crippen LogP contribution >= 0.6 is 0 Å². The molecule has 2 aliphatic rings. The number of hydrogen-bond acceptors (Lipinski definition) is 4. The molecule has 1 aliphatic carbocycles. The first-order valence-corrected chi connectivity index (χ1v) is 8.71. The van der Waals surface area contributed by atoms with Gasteiger partial charge in [-0.2, -0.15) is 13.2 Å². The first-order valence-electron chi connectivity index (χ1n) is 8.71. The fourth-order valence-electron chi connectivity index (χ4n) is 3.22. The SMILES string of the molecule is O=C(c1ccc(C(F)(F)F)cc1)N1CCC(c2nnc(C3CC3)o2)CC1. The van der Waals surface area contributed by atoms with Gasteiger partial charge in [0.15, 0.2) is 0 Å². The topological polar surface area (TPSA) is 59.2 Å². The molecule has 26 heavy (non-hydrogen) atoms. The second-order valence-corrected chi connectivity index (χ2v) is 6.89. The maximum atomic E-state index is 12.6. The molecule has 1 saturated carbocycles. The lowest BCUT2D eigenvalue weighted by Crippen LogP contribution is -2.38. The summed E-state index contributed by atoms with van der Waals surface area (Å²) in [5, 5.41) is 8.23. The molecule has 2 heterocycles. The van der Waals surface area contributed by atoms with Crippen LogP contribution in [0.15, 0.2) is 28.7 Å². The van der Waals surface area contributed by atoms with Crippen molar-refractivity contribution < 1.29 is 22.4 Å². The van der Waals surface area contributed by atoms with E-state index in [4.69, 9.17) is 4.42 Å². The van der Waals surface area contributed by atoms with E-state index in [1.807, 2.05) is 0 Å². The van der Waals surface area contributed by atoms with Crippen LogP contribution in [0, 0.1) is 0 Å². The number of amides is 1. The number of halogens is 3. The Hall–Kier alpha value is -2.38. The minimum absolute atomic E-state index is 0.131. The van der Waals surface area contributed by atoms with Crippen LogP contribution in [-0.4, -0.2) is 34.1 Å². The number of piperidine rings is 1. The number of carbonyl (C=O) groups is 1. The zero-order chi connectivity index (χ0) is 18.3. The summed E-state index contributed by atoms with van der Waals surface area (Å²) in [4.78, 5) is 14.2. The van der Waals surface area contributed by atoms with Crippen LogP contribution in [0.1, 0.15) is 65.2 Å². The number of rotatable bonds is 3. The van der Waals surface area contributed by atoms with Crippen LogP contribution in [-0.2, 0) is 6.18 Å². The molecule has 1 saturated heterocycles. The van der Waals surface area contributed by atoms with Crippen LogP contribution in [0.2, 0.25) is 0 Å². The smallest absolute Gasteiger partial charge is 0.416 e. The highest BCUT2D eigenvalue weighted by Gasteiger charge is 2.33. The number of likely N-dealkylation sites (tertiary alicyclic amines) is 1. The molecule has 0 unspecified atom stereocenters. The molecule has 0 spiro atoms. The zero-order valence-corrected chi connectivity index (χ0v) is 14.0. The Morgan fingerprint density at radius 1 is 0.962 bits per heavy atom. The van der Waals surface area contributed by atoms with Crippen LogP contribution in [0.3, 0.4) is 0 Å². The van der Waals surface area contributed by atoms with Crippen LogP contribution in [0.4, 0.5) is 13.2 Å². The van der Waals surface area contributed by atoms with Crippen LogP contribution in [0.25, 0.3) is 0 Å². The van der Waals surface area contributed by atoms with E-state index in [1.54, 1.807) is 4.90 Å². The van der Waals surface area contributed by atoms with Crippen LogP contribution < -0.4 is 0 Å². The molecule has 0 N–H and O–H groups in total. The summed E-state index contributed by atoms with van der Waals surface area (Å²) in [6, 6.07) is 4.35. The molecule has 0 atom stereocenters. The van der Waals surface area contributed by atoms with Crippen molar-refractivity contribution in [3.8, 4) is 0 Å². The van der Waals surface area contributed by atoms with E-state index >= 15 is 0 Å². The van der Waals surface area contributed by atoms with E-state index in [2.05, 4.69) is 10.2 Å². The summed E-state index contributed by atoms with van der Waals surface area (Å²) < 4.78 is 43.6. The van der Waals surface area contributed by atoms with Crippen molar-refractivity contribution in [1.82, 2.24) is 15.1 Å². The van der Waals surface area contributed by atoms with E-state index in [9.17, 15) is 18.0 Å². The van der Waals surface area contributed by atoms with Crippen molar-refractivity contribution in [1.29, 1.82) is 0 Å². The maximum Gasteiger partial charge on any atom is 0.416 e. The second-order valence-electron chi connectivity index (χ2n) is 6.89. The van der Waals surface area contributed by atoms with E-state index in [0.29, 0.717) is 43.6 Å². The van der Waals surface area contributed by atoms with Gasteiger partial charge in [-0.15, -0.1) is 10.2 Å². The predicted octanol–water partition coefficient (Wildman–Crippen LogP) is 3.99. The summed E-state index contributed by atoms with van der Waals surface area (Å²) in [6.45, 7) is 1.04. The molecule has 1 aromatic carbocycles. The highest BCUT2D eigenvalue weighted by atomic mass is 19.4. The van der Waals surface area contributed by atoms with Gasteiger partial charge in [0.2, 0.25) is 11.8 Å².